The molecule has 128 valence electrons. The summed E-state index contributed by atoms with van der Waals surface area (Å²) in [6.45, 7) is 0.944. The van der Waals surface area contributed by atoms with Crippen LogP contribution in [0.4, 0.5) is 13.2 Å². The van der Waals surface area contributed by atoms with Crippen molar-refractivity contribution in [2.24, 2.45) is 0 Å². The molecular formula is C14H12ClF3N4O2. The van der Waals surface area contributed by atoms with Gasteiger partial charge in [0.2, 0.25) is 5.82 Å². The number of carboxylic acid groups (broad SMARTS) is 1. The van der Waals surface area contributed by atoms with E-state index in [2.05, 4.69) is 10.2 Å². The molecule has 0 radical (unpaired) electrons. The summed E-state index contributed by atoms with van der Waals surface area (Å²) in [5.41, 5.74) is 0.703. The first-order valence-corrected chi connectivity index (χ1v) is 7.37. The number of rotatable bonds is 3. The number of nitrogens with zero attached hydrogens (tertiary/aromatic N) is 4. The second-order valence-electron chi connectivity index (χ2n) is 5.41. The Morgan fingerprint density at radius 2 is 2.04 bits per heavy atom. The molecule has 1 aliphatic rings. The highest BCUT2D eigenvalue weighted by atomic mass is 35.5. The molecule has 1 aliphatic heterocycles. The molecule has 0 bridgehead atoms. The Morgan fingerprint density at radius 3 is 2.71 bits per heavy atom. The van der Waals surface area contributed by atoms with Crippen molar-refractivity contribution in [2.45, 2.75) is 25.8 Å². The first kappa shape index (κ1) is 16.7. The van der Waals surface area contributed by atoms with E-state index in [1.165, 1.54) is 18.2 Å². The van der Waals surface area contributed by atoms with Crippen molar-refractivity contribution in [3.8, 4) is 0 Å². The quantitative estimate of drug-likeness (QED) is 0.911. The SMILES string of the molecule is O=C(O)c1ccc(Cl)c(CN2CCn3c(nnc3C(F)(F)F)C2)c1. The van der Waals surface area contributed by atoms with E-state index in [1.54, 1.807) is 0 Å². The number of aromatic nitrogens is 3. The number of carboxylic acids is 1. The summed E-state index contributed by atoms with van der Waals surface area (Å²) in [7, 11) is 0. The number of hydrogen-bond acceptors (Lipinski definition) is 4. The van der Waals surface area contributed by atoms with Crippen LogP contribution in [0.15, 0.2) is 18.2 Å². The van der Waals surface area contributed by atoms with Gasteiger partial charge in [0.25, 0.3) is 0 Å². The van der Waals surface area contributed by atoms with E-state index in [4.69, 9.17) is 16.7 Å². The van der Waals surface area contributed by atoms with Gasteiger partial charge in [-0.2, -0.15) is 13.2 Å². The Morgan fingerprint density at radius 1 is 1.29 bits per heavy atom. The van der Waals surface area contributed by atoms with Crippen LogP contribution in [0.2, 0.25) is 5.02 Å². The minimum absolute atomic E-state index is 0.105. The van der Waals surface area contributed by atoms with Crippen molar-refractivity contribution in [3.63, 3.8) is 0 Å². The van der Waals surface area contributed by atoms with E-state index in [1.807, 2.05) is 4.90 Å². The molecule has 0 saturated carbocycles. The Kier molecular flexibility index (Phi) is 4.22. The van der Waals surface area contributed by atoms with Gasteiger partial charge in [-0.3, -0.25) is 4.90 Å². The van der Waals surface area contributed by atoms with E-state index < -0.39 is 18.0 Å². The zero-order valence-electron chi connectivity index (χ0n) is 12.2. The fourth-order valence-corrected chi connectivity index (χ4v) is 2.80. The van der Waals surface area contributed by atoms with Gasteiger partial charge in [-0.25, -0.2) is 4.79 Å². The molecule has 2 aromatic rings. The maximum Gasteiger partial charge on any atom is 0.451 e. The van der Waals surface area contributed by atoms with Crippen LogP contribution in [-0.4, -0.2) is 37.3 Å². The molecule has 3 rings (SSSR count). The number of aromatic carboxylic acids is 1. The monoisotopic (exact) mass is 360 g/mol. The molecule has 0 unspecified atom stereocenters. The third kappa shape index (κ3) is 3.22. The number of hydrogen-bond donors (Lipinski definition) is 1. The molecule has 10 heteroatoms. The number of fused-ring (bicyclic) bond motifs is 1. The second kappa shape index (κ2) is 6.06. The lowest BCUT2D eigenvalue weighted by molar-refractivity contribution is -0.148. The van der Waals surface area contributed by atoms with Gasteiger partial charge in [0, 0.05) is 24.7 Å². The highest BCUT2D eigenvalue weighted by Gasteiger charge is 2.39. The second-order valence-corrected chi connectivity index (χ2v) is 5.82. The Labute approximate surface area is 139 Å². The maximum absolute atomic E-state index is 12.8. The smallest absolute Gasteiger partial charge is 0.451 e. The van der Waals surface area contributed by atoms with Gasteiger partial charge in [-0.15, -0.1) is 10.2 Å². The largest absolute Gasteiger partial charge is 0.478 e. The average molecular weight is 361 g/mol. The van der Waals surface area contributed by atoms with Crippen molar-refractivity contribution >= 4 is 17.6 Å². The Bertz CT molecular complexity index is 791. The lowest BCUT2D eigenvalue weighted by Gasteiger charge is -2.28. The van der Waals surface area contributed by atoms with Crippen molar-refractivity contribution in [2.75, 3.05) is 6.54 Å². The molecule has 24 heavy (non-hydrogen) atoms. The Hall–Kier alpha value is -2.13. The Balaban J connectivity index is 1.79. The molecule has 6 nitrogen and oxygen atoms in total. The van der Waals surface area contributed by atoms with Crippen LogP contribution >= 0.6 is 11.6 Å². The van der Waals surface area contributed by atoms with Crippen molar-refractivity contribution < 1.29 is 23.1 Å². The molecule has 0 spiro atoms. The van der Waals surface area contributed by atoms with Crippen molar-refractivity contribution in [1.29, 1.82) is 0 Å². The zero-order valence-corrected chi connectivity index (χ0v) is 13.0. The van der Waals surface area contributed by atoms with E-state index in [0.717, 1.165) is 4.57 Å². The van der Waals surface area contributed by atoms with Gasteiger partial charge >= 0.3 is 12.1 Å². The molecule has 0 atom stereocenters. The predicted molar refractivity (Wildman–Crippen MR) is 77.5 cm³/mol. The van der Waals surface area contributed by atoms with Crippen LogP contribution in [0.1, 0.15) is 27.6 Å². The van der Waals surface area contributed by atoms with Crippen molar-refractivity contribution in [3.05, 3.63) is 46.0 Å². The van der Waals surface area contributed by atoms with Gasteiger partial charge in [0.1, 0.15) is 5.82 Å². The fourth-order valence-electron chi connectivity index (χ4n) is 2.62. The highest BCUT2D eigenvalue weighted by Crippen LogP contribution is 2.30. The van der Waals surface area contributed by atoms with E-state index in [-0.39, 0.29) is 24.5 Å². The summed E-state index contributed by atoms with van der Waals surface area (Å²) in [5.74, 6) is -1.84. The third-order valence-corrected chi connectivity index (χ3v) is 4.14. The summed E-state index contributed by atoms with van der Waals surface area (Å²) in [6, 6.07) is 4.36. The number of halogens is 4. The molecule has 0 aliphatic carbocycles. The van der Waals surface area contributed by atoms with Gasteiger partial charge in [-0.05, 0) is 23.8 Å². The molecule has 0 amide bonds. The van der Waals surface area contributed by atoms with Gasteiger partial charge in [0.05, 0.1) is 12.1 Å². The summed E-state index contributed by atoms with van der Waals surface area (Å²) >= 11 is 6.08. The number of alkyl halides is 3. The summed E-state index contributed by atoms with van der Waals surface area (Å²) in [5, 5.41) is 16.3. The van der Waals surface area contributed by atoms with E-state index >= 15 is 0 Å². The normalized spacial score (nSPS) is 15.3. The average Bonchev–Trinajstić information content (AvgIpc) is 2.92. The van der Waals surface area contributed by atoms with Crippen LogP contribution in [-0.2, 0) is 25.8 Å². The standard InChI is InChI=1S/C14H12ClF3N4O2/c15-10-2-1-8(12(23)24)5-9(10)6-21-3-4-22-11(7-21)19-20-13(22)14(16,17)18/h1-2,5H,3-4,6-7H2,(H,23,24). The van der Waals surface area contributed by atoms with Crippen LogP contribution in [0.3, 0.4) is 0 Å². The van der Waals surface area contributed by atoms with Crippen molar-refractivity contribution in [1.82, 2.24) is 19.7 Å². The molecule has 0 saturated heterocycles. The summed E-state index contributed by atoms with van der Waals surface area (Å²) < 4.78 is 39.5. The van der Waals surface area contributed by atoms with Crippen LogP contribution in [0.25, 0.3) is 0 Å². The molecular weight excluding hydrogens is 349 g/mol. The van der Waals surface area contributed by atoms with Crippen LogP contribution < -0.4 is 0 Å². The first-order chi connectivity index (χ1) is 11.3. The van der Waals surface area contributed by atoms with Gasteiger partial charge in [0.15, 0.2) is 0 Å². The first-order valence-electron chi connectivity index (χ1n) is 6.99. The minimum Gasteiger partial charge on any atom is -0.478 e. The van der Waals surface area contributed by atoms with Gasteiger partial charge < -0.3 is 9.67 Å². The van der Waals surface area contributed by atoms with Crippen LogP contribution in [0.5, 0.6) is 0 Å². The maximum atomic E-state index is 12.8. The van der Waals surface area contributed by atoms with Gasteiger partial charge in [-0.1, -0.05) is 11.6 Å². The minimum atomic E-state index is -4.54. The lowest BCUT2D eigenvalue weighted by atomic mass is 10.1. The van der Waals surface area contributed by atoms with E-state index in [0.29, 0.717) is 23.7 Å². The molecule has 0 fully saturated rings. The molecule has 1 aromatic heterocycles. The lowest BCUT2D eigenvalue weighted by Crippen LogP contribution is -2.35. The molecule has 1 aromatic carbocycles. The highest BCUT2D eigenvalue weighted by molar-refractivity contribution is 6.31. The zero-order chi connectivity index (χ0) is 17.5. The van der Waals surface area contributed by atoms with Crippen LogP contribution in [0, 0.1) is 0 Å². The molecule has 1 N–H and O–H groups in total. The van der Waals surface area contributed by atoms with E-state index in [9.17, 15) is 18.0 Å². The summed E-state index contributed by atoms with van der Waals surface area (Å²) in [4.78, 5) is 12.9. The number of benzene rings is 1. The summed E-state index contributed by atoms with van der Waals surface area (Å²) in [6.07, 6.45) is -4.54. The fraction of sp³-hybridized carbons (Fsp3) is 0.357. The predicted octanol–water partition coefficient (Wildman–Crippen LogP) is 2.66. The topological polar surface area (TPSA) is 71.2 Å². The number of carbonyl (C=O) groups is 1. The molecule has 2 heterocycles. The third-order valence-electron chi connectivity index (χ3n) is 3.77.